The molecule has 0 amide bonds. The Hall–Kier alpha value is -1.98. The highest BCUT2D eigenvalue weighted by atomic mass is 32.1. The zero-order valence-corrected chi connectivity index (χ0v) is 13.0. The zero-order valence-electron chi connectivity index (χ0n) is 12.2. The van der Waals surface area contributed by atoms with Crippen LogP contribution in [0.3, 0.4) is 0 Å². The smallest absolute Gasteiger partial charge is 0.105 e. The van der Waals surface area contributed by atoms with Crippen LogP contribution in [0.2, 0.25) is 0 Å². The molecule has 1 unspecified atom stereocenters. The van der Waals surface area contributed by atoms with Gasteiger partial charge in [-0.3, -0.25) is 0 Å². The molecule has 0 aliphatic rings. The molecule has 0 spiro atoms. The molecule has 5 heteroatoms. The van der Waals surface area contributed by atoms with Gasteiger partial charge in [0.25, 0.3) is 0 Å². The molecule has 0 aliphatic carbocycles. The van der Waals surface area contributed by atoms with Crippen molar-refractivity contribution in [1.29, 1.82) is 0 Å². The van der Waals surface area contributed by atoms with Crippen LogP contribution >= 0.6 is 11.3 Å². The summed E-state index contributed by atoms with van der Waals surface area (Å²) in [5.41, 5.74) is 3.22. The fourth-order valence-electron chi connectivity index (χ4n) is 2.31. The average Bonchev–Trinajstić information content (AvgIpc) is 3.15. The van der Waals surface area contributed by atoms with Crippen LogP contribution in [0.25, 0.3) is 5.69 Å². The fourth-order valence-corrected chi connectivity index (χ4v) is 3.32. The van der Waals surface area contributed by atoms with E-state index in [0.717, 1.165) is 17.9 Å². The Kier molecular flexibility index (Phi) is 4.13. The lowest BCUT2D eigenvalue weighted by Gasteiger charge is -2.14. The van der Waals surface area contributed by atoms with Crippen molar-refractivity contribution in [3.8, 4) is 5.69 Å². The lowest BCUT2D eigenvalue weighted by atomic mass is 10.1. The maximum absolute atomic E-state index is 4.65. The normalized spacial score (nSPS) is 12.5. The Labute approximate surface area is 128 Å². The Balaban J connectivity index is 1.95. The van der Waals surface area contributed by atoms with E-state index in [1.54, 1.807) is 16.1 Å². The Morgan fingerprint density at radius 1 is 1.24 bits per heavy atom. The van der Waals surface area contributed by atoms with Gasteiger partial charge >= 0.3 is 0 Å². The van der Waals surface area contributed by atoms with Crippen molar-refractivity contribution >= 4 is 11.3 Å². The second-order valence-electron chi connectivity index (χ2n) is 4.85. The molecule has 1 atom stereocenters. The number of nitrogens with zero attached hydrogens (tertiary/aromatic N) is 3. The maximum atomic E-state index is 4.65. The summed E-state index contributed by atoms with van der Waals surface area (Å²) >= 11 is 1.76. The van der Waals surface area contributed by atoms with E-state index in [0.29, 0.717) is 0 Å². The minimum atomic E-state index is 0.104. The van der Waals surface area contributed by atoms with Crippen LogP contribution in [0.1, 0.15) is 29.1 Å². The van der Waals surface area contributed by atoms with Crippen molar-refractivity contribution in [1.82, 2.24) is 20.3 Å². The summed E-state index contributed by atoms with van der Waals surface area (Å²) in [6, 6.07) is 12.2. The predicted molar refractivity (Wildman–Crippen MR) is 85.9 cm³/mol. The minimum Gasteiger partial charge on any atom is -0.304 e. The van der Waals surface area contributed by atoms with Crippen molar-refractivity contribution in [2.75, 3.05) is 6.54 Å². The first-order chi connectivity index (χ1) is 10.3. The lowest BCUT2D eigenvalue weighted by Crippen LogP contribution is -2.22. The van der Waals surface area contributed by atoms with Crippen LogP contribution in [0, 0.1) is 6.92 Å². The van der Waals surface area contributed by atoms with Gasteiger partial charge in [-0.1, -0.05) is 25.1 Å². The summed E-state index contributed by atoms with van der Waals surface area (Å²) in [5.74, 6) is 0. The number of para-hydroxylation sites is 1. The first-order valence-corrected chi connectivity index (χ1v) is 7.92. The first kappa shape index (κ1) is 14.0. The van der Waals surface area contributed by atoms with Gasteiger partial charge in [0, 0.05) is 4.88 Å². The van der Waals surface area contributed by atoms with Gasteiger partial charge in [-0.15, -0.1) is 11.3 Å². The second-order valence-corrected chi connectivity index (χ2v) is 5.80. The second kappa shape index (κ2) is 6.20. The van der Waals surface area contributed by atoms with Gasteiger partial charge in [0.2, 0.25) is 0 Å². The van der Waals surface area contributed by atoms with Crippen molar-refractivity contribution < 1.29 is 0 Å². The maximum Gasteiger partial charge on any atom is 0.105 e. The molecule has 0 fully saturated rings. The fraction of sp³-hybridized carbons (Fsp3) is 0.250. The van der Waals surface area contributed by atoms with Gasteiger partial charge in [-0.2, -0.15) is 15.0 Å². The summed E-state index contributed by atoms with van der Waals surface area (Å²) < 4.78 is 0. The third-order valence-electron chi connectivity index (χ3n) is 3.36. The van der Waals surface area contributed by atoms with Crippen LogP contribution in [-0.2, 0) is 0 Å². The highest BCUT2D eigenvalue weighted by Gasteiger charge is 2.20. The molecule has 3 rings (SSSR count). The van der Waals surface area contributed by atoms with Gasteiger partial charge < -0.3 is 5.32 Å². The molecule has 0 radical (unpaired) electrons. The first-order valence-electron chi connectivity index (χ1n) is 7.04. The van der Waals surface area contributed by atoms with Crippen LogP contribution in [0.5, 0.6) is 0 Å². The molecular weight excluding hydrogens is 280 g/mol. The highest BCUT2D eigenvalue weighted by molar-refractivity contribution is 7.10. The molecule has 4 nitrogen and oxygen atoms in total. The standard InChI is InChI=1S/C16H18N4S/c1-3-17-15(16-12(2)9-10-21-16)14-11-18-20(19-14)13-7-5-4-6-8-13/h4-11,15,17H,3H2,1-2H3. The summed E-state index contributed by atoms with van der Waals surface area (Å²) in [6.45, 7) is 5.13. The average molecular weight is 298 g/mol. The molecule has 0 saturated carbocycles. The number of aromatic nitrogens is 3. The largest absolute Gasteiger partial charge is 0.304 e. The van der Waals surface area contributed by atoms with Crippen molar-refractivity contribution in [3.05, 3.63) is 64.1 Å². The number of hydrogen-bond acceptors (Lipinski definition) is 4. The molecule has 3 aromatic rings. The summed E-state index contributed by atoms with van der Waals surface area (Å²) in [4.78, 5) is 2.99. The quantitative estimate of drug-likeness (QED) is 0.785. The van der Waals surface area contributed by atoms with Crippen molar-refractivity contribution in [2.45, 2.75) is 19.9 Å². The molecule has 21 heavy (non-hydrogen) atoms. The van der Waals surface area contributed by atoms with Crippen molar-refractivity contribution in [3.63, 3.8) is 0 Å². The number of rotatable bonds is 5. The highest BCUT2D eigenvalue weighted by Crippen LogP contribution is 2.28. The number of thiophene rings is 1. The number of aryl methyl sites for hydroxylation is 1. The zero-order chi connectivity index (χ0) is 14.7. The van der Waals surface area contributed by atoms with E-state index in [9.17, 15) is 0 Å². The molecule has 0 aliphatic heterocycles. The molecular formula is C16H18N4S. The summed E-state index contributed by atoms with van der Waals surface area (Å²) in [6.07, 6.45) is 1.85. The van der Waals surface area contributed by atoms with Gasteiger partial charge in [-0.05, 0) is 42.6 Å². The van der Waals surface area contributed by atoms with Crippen LogP contribution in [-0.4, -0.2) is 21.5 Å². The molecule has 108 valence electrons. The Bertz CT molecular complexity index is 702. The van der Waals surface area contributed by atoms with E-state index in [-0.39, 0.29) is 6.04 Å². The third kappa shape index (κ3) is 2.89. The van der Waals surface area contributed by atoms with E-state index >= 15 is 0 Å². The van der Waals surface area contributed by atoms with E-state index in [2.05, 4.69) is 40.8 Å². The van der Waals surface area contributed by atoms with Crippen molar-refractivity contribution in [2.24, 2.45) is 0 Å². The Morgan fingerprint density at radius 2 is 2.05 bits per heavy atom. The Morgan fingerprint density at radius 3 is 2.71 bits per heavy atom. The molecule has 0 bridgehead atoms. The molecule has 0 saturated heterocycles. The van der Waals surface area contributed by atoms with E-state index in [4.69, 9.17) is 0 Å². The summed E-state index contributed by atoms with van der Waals surface area (Å²) in [5, 5.41) is 14.7. The van der Waals surface area contributed by atoms with E-state index in [1.807, 2.05) is 36.5 Å². The minimum absolute atomic E-state index is 0.104. The van der Waals surface area contributed by atoms with E-state index < -0.39 is 0 Å². The number of benzene rings is 1. The van der Waals surface area contributed by atoms with Crippen LogP contribution in [0.4, 0.5) is 0 Å². The summed E-state index contributed by atoms with van der Waals surface area (Å²) in [7, 11) is 0. The van der Waals surface area contributed by atoms with Gasteiger partial charge in [-0.25, -0.2) is 0 Å². The number of hydrogen-bond donors (Lipinski definition) is 1. The predicted octanol–water partition coefficient (Wildman–Crippen LogP) is 3.34. The topological polar surface area (TPSA) is 42.7 Å². The third-order valence-corrected chi connectivity index (χ3v) is 4.45. The molecule has 1 aromatic carbocycles. The van der Waals surface area contributed by atoms with Gasteiger partial charge in [0.05, 0.1) is 17.9 Å². The molecule has 2 aromatic heterocycles. The van der Waals surface area contributed by atoms with Gasteiger partial charge in [0.1, 0.15) is 5.69 Å². The van der Waals surface area contributed by atoms with Gasteiger partial charge in [0.15, 0.2) is 0 Å². The molecule has 2 heterocycles. The van der Waals surface area contributed by atoms with E-state index in [1.165, 1.54) is 10.4 Å². The number of nitrogens with one attached hydrogen (secondary N) is 1. The molecule has 1 N–H and O–H groups in total. The SMILES string of the molecule is CCNC(c1cnn(-c2ccccc2)n1)c1sccc1C. The monoisotopic (exact) mass is 298 g/mol. The lowest BCUT2D eigenvalue weighted by molar-refractivity contribution is 0.610. The van der Waals surface area contributed by atoms with Crippen LogP contribution in [0.15, 0.2) is 48.0 Å². The van der Waals surface area contributed by atoms with Crippen LogP contribution < -0.4 is 5.32 Å².